The highest BCUT2D eigenvalue weighted by atomic mass is 16.2. The Morgan fingerprint density at radius 3 is 2.39 bits per heavy atom. The molecule has 0 heterocycles. The number of hydrogen-bond donors (Lipinski definition) is 3. The zero-order valence-corrected chi connectivity index (χ0v) is 12.0. The molecule has 2 atom stereocenters. The van der Waals surface area contributed by atoms with Gasteiger partial charge in [0, 0.05) is 25.1 Å². The number of hydrogen-bond acceptors (Lipinski definition) is 3. The van der Waals surface area contributed by atoms with Gasteiger partial charge in [-0.1, -0.05) is 26.2 Å². The highest BCUT2D eigenvalue weighted by Gasteiger charge is 2.11. The van der Waals surface area contributed by atoms with Gasteiger partial charge in [0.15, 0.2) is 0 Å². The second-order valence-electron chi connectivity index (χ2n) is 5.24. The maximum absolute atomic E-state index is 11.7. The minimum Gasteiger partial charge on any atom is -0.396 e. The first-order valence-corrected chi connectivity index (χ1v) is 7.22. The van der Waals surface area contributed by atoms with E-state index in [1.54, 1.807) is 0 Å². The van der Waals surface area contributed by atoms with Crippen LogP contribution >= 0.6 is 0 Å². The first-order valence-electron chi connectivity index (χ1n) is 7.22. The lowest BCUT2D eigenvalue weighted by Crippen LogP contribution is -2.30. The first kappa shape index (κ1) is 17.4. The van der Waals surface area contributed by atoms with Crippen LogP contribution in [0.25, 0.3) is 0 Å². The van der Waals surface area contributed by atoms with Crippen molar-refractivity contribution in [3.8, 4) is 0 Å². The van der Waals surface area contributed by atoms with Gasteiger partial charge in [-0.3, -0.25) is 4.79 Å². The van der Waals surface area contributed by atoms with Crippen LogP contribution in [0, 0.1) is 5.92 Å². The Kier molecular flexibility index (Phi) is 11.1. The quantitative estimate of drug-likeness (QED) is 0.495. The average molecular weight is 258 g/mol. The highest BCUT2D eigenvalue weighted by Crippen LogP contribution is 2.09. The smallest absolute Gasteiger partial charge is 0.222 e. The molecule has 0 aromatic rings. The number of rotatable bonds is 11. The van der Waals surface area contributed by atoms with Crippen LogP contribution in [0.3, 0.4) is 0 Å². The SMILES string of the molecule is CC(N)CCCC(C)C(=O)NCCCCCCO. The Labute approximate surface area is 111 Å². The van der Waals surface area contributed by atoms with Gasteiger partial charge in [-0.15, -0.1) is 0 Å². The summed E-state index contributed by atoms with van der Waals surface area (Å²) in [5.74, 6) is 0.239. The van der Waals surface area contributed by atoms with Crippen molar-refractivity contribution < 1.29 is 9.90 Å². The van der Waals surface area contributed by atoms with E-state index in [9.17, 15) is 4.79 Å². The minimum absolute atomic E-state index is 0.0844. The Bertz CT molecular complexity index is 208. The fourth-order valence-electron chi connectivity index (χ4n) is 1.85. The number of carbonyl (C=O) groups is 1. The van der Waals surface area contributed by atoms with Crippen molar-refractivity contribution in [2.45, 2.75) is 64.8 Å². The number of carbonyl (C=O) groups excluding carboxylic acids is 1. The van der Waals surface area contributed by atoms with Crippen molar-refractivity contribution in [3.05, 3.63) is 0 Å². The summed E-state index contributed by atoms with van der Waals surface area (Å²) >= 11 is 0. The molecule has 108 valence electrons. The van der Waals surface area contributed by atoms with Gasteiger partial charge in [0.1, 0.15) is 0 Å². The summed E-state index contributed by atoms with van der Waals surface area (Å²) in [5, 5.41) is 11.6. The predicted octanol–water partition coefficient (Wildman–Crippen LogP) is 1.81. The van der Waals surface area contributed by atoms with Crippen LogP contribution in [0.5, 0.6) is 0 Å². The lowest BCUT2D eigenvalue weighted by atomic mass is 10.0. The zero-order valence-electron chi connectivity index (χ0n) is 12.0. The molecule has 4 N–H and O–H groups in total. The maximum atomic E-state index is 11.7. The molecule has 0 fully saturated rings. The lowest BCUT2D eigenvalue weighted by Gasteiger charge is -2.12. The third kappa shape index (κ3) is 10.5. The highest BCUT2D eigenvalue weighted by molar-refractivity contribution is 5.78. The average Bonchev–Trinajstić information content (AvgIpc) is 2.32. The zero-order chi connectivity index (χ0) is 13.8. The predicted molar refractivity (Wildman–Crippen MR) is 75.2 cm³/mol. The number of amides is 1. The summed E-state index contributed by atoms with van der Waals surface area (Å²) in [6.07, 6.45) is 6.88. The van der Waals surface area contributed by atoms with Gasteiger partial charge in [0.25, 0.3) is 0 Å². The van der Waals surface area contributed by atoms with E-state index in [1.807, 2.05) is 13.8 Å². The van der Waals surface area contributed by atoms with Crippen LogP contribution in [0.4, 0.5) is 0 Å². The monoisotopic (exact) mass is 258 g/mol. The molecule has 0 aliphatic rings. The van der Waals surface area contributed by atoms with Gasteiger partial charge in [-0.2, -0.15) is 0 Å². The van der Waals surface area contributed by atoms with Crippen molar-refractivity contribution in [3.63, 3.8) is 0 Å². The number of nitrogens with two attached hydrogens (primary N) is 1. The molecule has 0 rings (SSSR count). The van der Waals surface area contributed by atoms with E-state index >= 15 is 0 Å². The molecule has 4 nitrogen and oxygen atoms in total. The molecule has 0 aromatic heterocycles. The van der Waals surface area contributed by atoms with Gasteiger partial charge in [-0.25, -0.2) is 0 Å². The fraction of sp³-hybridized carbons (Fsp3) is 0.929. The molecule has 1 amide bonds. The summed E-state index contributed by atoms with van der Waals surface area (Å²) < 4.78 is 0. The molecule has 0 aliphatic heterocycles. The van der Waals surface area contributed by atoms with Crippen molar-refractivity contribution in [1.82, 2.24) is 5.32 Å². The molecule has 0 saturated heterocycles. The van der Waals surface area contributed by atoms with Crippen LogP contribution in [-0.4, -0.2) is 30.2 Å². The third-order valence-corrected chi connectivity index (χ3v) is 3.13. The van der Waals surface area contributed by atoms with E-state index in [2.05, 4.69) is 5.32 Å². The molecule has 0 bridgehead atoms. The Hall–Kier alpha value is -0.610. The molecule has 18 heavy (non-hydrogen) atoms. The molecule has 2 unspecified atom stereocenters. The van der Waals surface area contributed by atoms with Crippen molar-refractivity contribution in [2.75, 3.05) is 13.2 Å². The molecule has 4 heteroatoms. The Morgan fingerprint density at radius 2 is 1.78 bits per heavy atom. The number of aliphatic hydroxyl groups is 1. The summed E-state index contributed by atoms with van der Waals surface area (Å²) in [5.41, 5.74) is 5.67. The summed E-state index contributed by atoms with van der Waals surface area (Å²) in [7, 11) is 0. The molecule has 0 radical (unpaired) electrons. The van der Waals surface area contributed by atoms with Crippen molar-refractivity contribution in [1.29, 1.82) is 0 Å². The van der Waals surface area contributed by atoms with Crippen LogP contribution < -0.4 is 11.1 Å². The standard InChI is InChI=1S/C14H30N2O2/c1-12(8-7-9-13(2)15)14(18)16-10-5-3-4-6-11-17/h12-13,17H,3-11,15H2,1-2H3,(H,16,18). The van der Waals surface area contributed by atoms with E-state index in [0.29, 0.717) is 0 Å². The molecular formula is C14H30N2O2. The second kappa shape index (κ2) is 11.5. The van der Waals surface area contributed by atoms with Gasteiger partial charge in [0.05, 0.1) is 0 Å². The van der Waals surface area contributed by atoms with Crippen LogP contribution in [0.1, 0.15) is 58.8 Å². The molecule has 0 aliphatic carbocycles. The summed E-state index contributed by atoms with van der Waals surface area (Å²) in [4.78, 5) is 11.7. The fourth-order valence-corrected chi connectivity index (χ4v) is 1.85. The van der Waals surface area contributed by atoms with E-state index in [4.69, 9.17) is 10.8 Å². The lowest BCUT2D eigenvalue weighted by molar-refractivity contribution is -0.124. The maximum Gasteiger partial charge on any atom is 0.222 e. The van der Waals surface area contributed by atoms with E-state index in [-0.39, 0.29) is 24.5 Å². The Morgan fingerprint density at radius 1 is 1.11 bits per heavy atom. The molecule has 0 spiro atoms. The largest absolute Gasteiger partial charge is 0.396 e. The normalized spacial score (nSPS) is 14.2. The summed E-state index contributed by atoms with van der Waals surface area (Å²) in [6, 6.07) is 0.229. The van der Waals surface area contributed by atoms with Crippen LogP contribution in [0.2, 0.25) is 0 Å². The van der Waals surface area contributed by atoms with Gasteiger partial charge >= 0.3 is 0 Å². The number of unbranched alkanes of at least 4 members (excludes halogenated alkanes) is 3. The molecule has 0 aromatic carbocycles. The number of nitrogens with one attached hydrogen (secondary N) is 1. The second-order valence-corrected chi connectivity index (χ2v) is 5.24. The van der Waals surface area contributed by atoms with Crippen LogP contribution in [-0.2, 0) is 4.79 Å². The van der Waals surface area contributed by atoms with Gasteiger partial charge in [-0.05, 0) is 32.6 Å². The van der Waals surface area contributed by atoms with E-state index in [1.165, 1.54) is 0 Å². The van der Waals surface area contributed by atoms with Crippen molar-refractivity contribution >= 4 is 5.91 Å². The van der Waals surface area contributed by atoms with E-state index in [0.717, 1.165) is 51.5 Å². The van der Waals surface area contributed by atoms with Crippen molar-refractivity contribution in [2.24, 2.45) is 11.7 Å². The van der Waals surface area contributed by atoms with Gasteiger partial charge < -0.3 is 16.2 Å². The molecule has 0 saturated carbocycles. The minimum atomic E-state index is 0.0844. The summed E-state index contributed by atoms with van der Waals surface area (Å²) in [6.45, 7) is 4.99. The number of aliphatic hydroxyl groups excluding tert-OH is 1. The topological polar surface area (TPSA) is 75.4 Å². The first-order chi connectivity index (χ1) is 8.57. The van der Waals surface area contributed by atoms with Crippen LogP contribution in [0.15, 0.2) is 0 Å². The molecular weight excluding hydrogens is 228 g/mol. The van der Waals surface area contributed by atoms with E-state index < -0.39 is 0 Å². The Balaban J connectivity index is 3.44. The third-order valence-electron chi connectivity index (χ3n) is 3.13. The van der Waals surface area contributed by atoms with Gasteiger partial charge in [0.2, 0.25) is 5.91 Å².